The summed E-state index contributed by atoms with van der Waals surface area (Å²) in [5.74, 6) is -0.416. The monoisotopic (exact) mass is 318 g/mol. The molecule has 1 atom stereocenters. The highest BCUT2D eigenvalue weighted by molar-refractivity contribution is 5.86. The number of hydrogen-bond acceptors (Lipinski definition) is 3. The molecule has 0 fully saturated rings. The second-order valence-corrected chi connectivity index (χ2v) is 6.09. The van der Waals surface area contributed by atoms with Crippen LogP contribution in [0.25, 0.3) is 0 Å². The fraction of sp³-hybridized carbons (Fsp3) is 0.600. The van der Waals surface area contributed by atoms with E-state index in [0.29, 0.717) is 6.42 Å². The van der Waals surface area contributed by atoms with Gasteiger partial charge in [0.1, 0.15) is 0 Å². The van der Waals surface area contributed by atoms with Crippen LogP contribution >= 0.6 is 0 Å². The van der Waals surface area contributed by atoms with Crippen LogP contribution in [0.4, 0.5) is 0 Å². The zero-order chi connectivity index (χ0) is 16.9. The van der Waals surface area contributed by atoms with E-state index in [9.17, 15) is 9.59 Å². The number of ketones is 1. The van der Waals surface area contributed by atoms with Gasteiger partial charge in [-0.2, -0.15) is 0 Å². The molecule has 0 spiro atoms. The smallest absolute Gasteiger partial charge is 0.303 e. The Hall–Kier alpha value is -1.64. The molecule has 0 aliphatic heterocycles. The van der Waals surface area contributed by atoms with E-state index in [4.69, 9.17) is 4.74 Å². The van der Waals surface area contributed by atoms with Crippen LogP contribution in [0.5, 0.6) is 0 Å². The summed E-state index contributed by atoms with van der Waals surface area (Å²) in [7, 11) is 0. The lowest BCUT2D eigenvalue weighted by molar-refractivity contribution is -0.153. The quantitative estimate of drug-likeness (QED) is 0.383. The van der Waals surface area contributed by atoms with Gasteiger partial charge < -0.3 is 4.74 Å². The van der Waals surface area contributed by atoms with Crippen LogP contribution in [-0.4, -0.2) is 11.8 Å². The van der Waals surface area contributed by atoms with Crippen molar-refractivity contribution in [3.63, 3.8) is 0 Å². The molecule has 1 aromatic rings. The molecule has 0 saturated carbocycles. The second-order valence-electron chi connectivity index (χ2n) is 6.09. The number of unbranched alkanes of at least 4 members (excludes halogenated alkanes) is 7. The minimum absolute atomic E-state index is 0.00242. The van der Waals surface area contributed by atoms with E-state index in [2.05, 4.69) is 6.92 Å². The van der Waals surface area contributed by atoms with Gasteiger partial charge in [-0.05, 0) is 12.0 Å². The normalized spacial score (nSPS) is 11.9. The van der Waals surface area contributed by atoms with Crippen molar-refractivity contribution in [1.29, 1.82) is 0 Å². The van der Waals surface area contributed by atoms with Crippen LogP contribution in [0.2, 0.25) is 0 Å². The highest BCUT2D eigenvalue weighted by atomic mass is 16.5. The first-order valence-corrected chi connectivity index (χ1v) is 8.90. The Balaban J connectivity index is 2.33. The molecule has 0 saturated heterocycles. The Morgan fingerprint density at radius 1 is 0.913 bits per heavy atom. The zero-order valence-electron chi connectivity index (χ0n) is 14.6. The van der Waals surface area contributed by atoms with Crippen molar-refractivity contribution in [3.05, 3.63) is 35.9 Å². The Morgan fingerprint density at radius 2 is 1.48 bits per heavy atom. The molecule has 0 N–H and O–H groups in total. The van der Waals surface area contributed by atoms with E-state index in [0.717, 1.165) is 18.4 Å². The molecule has 3 heteroatoms. The summed E-state index contributed by atoms with van der Waals surface area (Å²) in [5.41, 5.74) is 0.757. The number of Topliss-reactive ketones (excluding diaryl/α,β-unsaturated/α-hetero) is 1. The fourth-order valence-corrected chi connectivity index (χ4v) is 2.68. The molecule has 3 nitrogen and oxygen atoms in total. The minimum Gasteiger partial charge on any atom is -0.450 e. The number of hydrogen-bond donors (Lipinski definition) is 0. The van der Waals surface area contributed by atoms with Crippen molar-refractivity contribution >= 4 is 11.8 Å². The maximum Gasteiger partial charge on any atom is 0.303 e. The molecular formula is C20H30O3. The topological polar surface area (TPSA) is 43.4 Å². The number of ether oxygens (including phenoxy) is 1. The second kappa shape index (κ2) is 11.9. The lowest BCUT2D eigenvalue weighted by Crippen LogP contribution is -2.18. The summed E-state index contributed by atoms with van der Waals surface area (Å²) < 4.78 is 5.23. The number of carbonyl (C=O) groups is 2. The van der Waals surface area contributed by atoms with Gasteiger partial charge in [0, 0.05) is 13.3 Å². The average molecular weight is 318 g/mol. The Labute approximate surface area is 140 Å². The highest BCUT2D eigenvalue weighted by Gasteiger charge is 2.22. The molecule has 1 aromatic carbocycles. The number of rotatable bonds is 12. The third-order valence-corrected chi connectivity index (χ3v) is 3.96. The van der Waals surface area contributed by atoms with E-state index in [1.807, 2.05) is 30.3 Å². The van der Waals surface area contributed by atoms with Crippen LogP contribution in [0.3, 0.4) is 0 Å². The predicted octanol–water partition coefficient (Wildman–Crippen LogP) is 5.39. The summed E-state index contributed by atoms with van der Waals surface area (Å²) >= 11 is 0. The Bertz CT molecular complexity index is 453. The molecule has 0 aliphatic carbocycles. The Morgan fingerprint density at radius 3 is 2.04 bits per heavy atom. The first-order chi connectivity index (χ1) is 11.1. The van der Waals surface area contributed by atoms with Gasteiger partial charge in [-0.1, -0.05) is 82.2 Å². The predicted molar refractivity (Wildman–Crippen MR) is 93.2 cm³/mol. The molecule has 0 heterocycles. The van der Waals surface area contributed by atoms with Gasteiger partial charge in [-0.3, -0.25) is 9.59 Å². The molecule has 0 aromatic heterocycles. The maximum atomic E-state index is 12.4. The van der Waals surface area contributed by atoms with Crippen molar-refractivity contribution < 1.29 is 14.3 Å². The Kier molecular flexibility index (Phi) is 10.0. The van der Waals surface area contributed by atoms with E-state index >= 15 is 0 Å². The van der Waals surface area contributed by atoms with Crippen LogP contribution < -0.4 is 0 Å². The summed E-state index contributed by atoms with van der Waals surface area (Å²) in [5, 5.41) is 0. The van der Waals surface area contributed by atoms with Gasteiger partial charge in [0.15, 0.2) is 11.9 Å². The SMILES string of the molecule is CCCCCCCCCCC(=O)[C@@H](OC(C)=O)c1ccccc1. The summed E-state index contributed by atoms with van der Waals surface area (Å²) in [6.07, 6.45) is 9.29. The van der Waals surface area contributed by atoms with Crippen molar-refractivity contribution in [2.24, 2.45) is 0 Å². The van der Waals surface area contributed by atoms with E-state index in [-0.39, 0.29) is 5.78 Å². The highest BCUT2D eigenvalue weighted by Crippen LogP contribution is 2.21. The van der Waals surface area contributed by atoms with E-state index in [1.54, 1.807) is 0 Å². The van der Waals surface area contributed by atoms with Gasteiger partial charge in [0.25, 0.3) is 0 Å². The zero-order valence-corrected chi connectivity index (χ0v) is 14.6. The van der Waals surface area contributed by atoms with Crippen molar-refractivity contribution in [1.82, 2.24) is 0 Å². The van der Waals surface area contributed by atoms with Crippen molar-refractivity contribution in [2.45, 2.75) is 77.7 Å². The summed E-state index contributed by atoms with van der Waals surface area (Å²) in [4.78, 5) is 23.6. The molecule has 1 rings (SSSR count). The van der Waals surface area contributed by atoms with E-state index in [1.165, 1.54) is 45.4 Å². The molecule has 0 unspecified atom stereocenters. The summed E-state index contributed by atoms with van der Waals surface area (Å²) in [6.45, 7) is 3.57. The minimum atomic E-state index is -0.752. The molecule has 0 amide bonds. The van der Waals surface area contributed by atoms with E-state index < -0.39 is 12.1 Å². The first kappa shape index (κ1) is 19.4. The van der Waals surface area contributed by atoms with Crippen LogP contribution in [0, 0.1) is 0 Å². The van der Waals surface area contributed by atoms with Crippen LogP contribution in [0.1, 0.15) is 83.3 Å². The maximum absolute atomic E-state index is 12.4. The fourth-order valence-electron chi connectivity index (χ4n) is 2.68. The number of esters is 1. The number of carbonyl (C=O) groups excluding carboxylic acids is 2. The average Bonchev–Trinajstić information content (AvgIpc) is 2.55. The van der Waals surface area contributed by atoms with Crippen LogP contribution in [-0.2, 0) is 14.3 Å². The third-order valence-electron chi connectivity index (χ3n) is 3.96. The van der Waals surface area contributed by atoms with Gasteiger partial charge in [-0.25, -0.2) is 0 Å². The third kappa shape index (κ3) is 8.53. The lowest BCUT2D eigenvalue weighted by atomic mass is 10.00. The first-order valence-electron chi connectivity index (χ1n) is 8.90. The standard InChI is InChI=1S/C20H30O3/c1-3-4-5-6-7-8-9-13-16-19(22)20(23-17(2)21)18-14-11-10-12-15-18/h10-12,14-15,20H,3-9,13,16H2,1-2H3/t20-/m0/s1. The van der Waals surface area contributed by atoms with Crippen LogP contribution in [0.15, 0.2) is 30.3 Å². The molecule has 23 heavy (non-hydrogen) atoms. The molecule has 0 aliphatic rings. The van der Waals surface area contributed by atoms with Gasteiger partial charge in [-0.15, -0.1) is 0 Å². The molecular weight excluding hydrogens is 288 g/mol. The van der Waals surface area contributed by atoms with Gasteiger partial charge in [0.2, 0.25) is 0 Å². The largest absolute Gasteiger partial charge is 0.450 e. The molecule has 128 valence electrons. The number of benzene rings is 1. The van der Waals surface area contributed by atoms with Crippen molar-refractivity contribution in [2.75, 3.05) is 0 Å². The van der Waals surface area contributed by atoms with Crippen molar-refractivity contribution in [3.8, 4) is 0 Å². The lowest BCUT2D eigenvalue weighted by Gasteiger charge is -2.16. The van der Waals surface area contributed by atoms with Gasteiger partial charge >= 0.3 is 5.97 Å². The van der Waals surface area contributed by atoms with Gasteiger partial charge in [0.05, 0.1) is 0 Å². The summed E-state index contributed by atoms with van der Waals surface area (Å²) in [6, 6.07) is 9.26. The molecule has 0 bridgehead atoms. The molecule has 0 radical (unpaired) electrons.